The molecular formula is C7H6F6N2O4S2. The molecule has 21 heavy (non-hydrogen) atoms. The van der Waals surface area contributed by atoms with Crippen molar-refractivity contribution in [3.63, 3.8) is 0 Å². The molecular weight excluding hydrogens is 354 g/mol. The van der Waals surface area contributed by atoms with Crippen LogP contribution in [0.5, 0.6) is 0 Å². The van der Waals surface area contributed by atoms with Crippen molar-refractivity contribution in [2.75, 3.05) is 11.5 Å². The largest absolute Gasteiger partial charge is 0.403 e. The van der Waals surface area contributed by atoms with Crippen LogP contribution in [0.4, 0.5) is 26.3 Å². The third-order valence-corrected chi connectivity index (χ3v) is 5.26. The van der Waals surface area contributed by atoms with Crippen LogP contribution in [0.2, 0.25) is 0 Å². The minimum absolute atomic E-state index is 0.381. The van der Waals surface area contributed by atoms with Crippen LogP contribution in [0.25, 0.3) is 0 Å². The fraction of sp³-hybridized carbons (Fsp3) is 0.571. The zero-order valence-corrected chi connectivity index (χ0v) is 11.3. The summed E-state index contributed by atoms with van der Waals surface area (Å²) in [6, 6.07) is 0. The molecule has 0 atom stereocenters. The van der Waals surface area contributed by atoms with Gasteiger partial charge in [0.1, 0.15) is 0 Å². The first kappa shape index (κ1) is 17.7. The van der Waals surface area contributed by atoms with E-state index >= 15 is 0 Å². The van der Waals surface area contributed by atoms with E-state index in [9.17, 15) is 43.2 Å². The highest BCUT2D eigenvalue weighted by molar-refractivity contribution is 7.94. The summed E-state index contributed by atoms with van der Waals surface area (Å²) in [4.78, 5) is 4.49. The number of H-pyrrole nitrogens is 1. The van der Waals surface area contributed by atoms with Crippen molar-refractivity contribution >= 4 is 19.7 Å². The maximum absolute atomic E-state index is 12.1. The molecule has 0 radical (unpaired) electrons. The van der Waals surface area contributed by atoms with E-state index in [4.69, 9.17) is 0 Å². The maximum atomic E-state index is 12.1. The molecule has 0 saturated carbocycles. The van der Waals surface area contributed by atoms with Crippen molar-refractivity contribution < 1.29 is 43.2 Å². The fourth-order valence-electron chi connectivity index (χ4n) is 1.29. The monoisotopic (exact) mass is 360 g/mol. The van der Waals surface area contributed by atoms with Crippen molar-refractivity contribution in [3.8, 4) is 0 Å². The number of aromatic nitrogens is 2. The molecule has 1 rings (SSSR count). The molecule has 14 heteroatoms. The van der Waals surface area contributed by atoms with Gasteiger partial charge >= 0.3 is 12.4 Å². The SMILES string of the molecule is O=S(=O)(CC(F)(F)F)c1nc[nH]c1S(=O)(=O)CC(F)(F)F. The molecule has 0 aromatic carbocycles. The van der Waals surface area contributed by atoms with Gasteiger partial charge in [0.25, 0.3) is 0 Å². The Balaban J connectivity index is 3.31. The number of hydrogen-bond acceptors (Lipinski definition) is 5. The summed E-state index contributed by atoms with van der Waals surface area (Å²) in [6.45, 7) is 0. The standard InChI is InChI=1S/C7H6F6N2O4S2/c8-6(9,10)1-20(16,17)4-5(15-3-14-4)21(18,19)2-7(11,12)13/h3H,1-2H2,(H,14,15). The lowest BCUT2D eigenvalue weighted by Gasteiger charge is -2.09. The van der Waals surface area contributed by atoms with Gasteiger partial charge < -0.3 is 4.98 Å². The van der Waals surface area contributed by atoms with Crippen LogP contribution in [-0.2, 0) is 19.7 Å². The quantitative estimate of drug-likeness (QED) is 0.811. The number of halogens is 6. The molecule has 1 aromatic heterocycles. The van der Waals surface area contributed by atoms with Crippen LogP contribution in [0.1, 0.15) is 0 Å². The predicted octanol–water partition coefficient (Wildman–Crippen LogP) is 1.08. The Morgan fingerprint density at radius 3 is 1.76 bits per heavy atom. The average molecular weight is 360 g/mol. The molecule has 0 aliphatic rings. The number of nitrogens with one attached hydrogen (secondary N) is 1. The Morgan fingerprint density at radius 1 is 0.905 bits per heavy atom. The van der Waals surface area contributed by atoms with E-state index in [1.807, 2.05) is 0 Å². The van der Waals surface area contributed by atoms with Gasteiger partial charge in [0.15, 0.2) is 21.6 Å². The molecule has 0 aliphatic heterocycles. The van der Waals surface area contributed by atoms with E-state index < -0.39 is 53.6 Å². The van der Waals surface area contributed by atoms with Crippen LogP contribution >= 0.6 is 0 Å². The zero-order chi connectivity index (χ0) is 16.7. The lowest BCUT2D eigenvalue weighted by Crippen LogP contribution is -2.27. The van der Waals surface area contributed by atoms with Gasteiger partial charge in [0.2, 0.25) is 19.7 Å². The Labute approximate surface area is 114 Å². The van der Waals surface area contributed by atoms with Gasteiger partial charge in [0, 0.05) is 0 Å². The molecule has 0 spiro atoms. The zero-order valence-electron chi connectivity index (χ0n) is 9.66. The highest BCUT2D eigenvalue weighted by Crippen LogP contribution is 2.28. The second-order valence-electron chi connectivity index (χ2n) is 3.79. The molecule has 122 valence electrons. The summed E-state index contributed by atoms with van der Waals surface area (Å²) in [5, 5.41) is -3.12. The van der Waals surface area contributed by atoms with Crippen LogP contribution in [-0.4, -0.2) is 50.7 Å². The predicted molar refractivity (Wildman–Crippen MR) is 54.8 cm³/mol. The van der Waals surface area contributed by atoms with Crippen LogP contribution in [0, 0.1) is 0 Å². The van der Waals surface area contributed by atoms with Gasteiger partial charge in [0.05, 0.1) is 6.33 Å². The van der Waals surface area contributed by atoms with Gasteiger partial charge in [-0.1, -0.05) is 0 Å². The second kappa shape index (κ2) is 5.15. The summed E-state index contributed by atoms with van der Waals surface area (Å²) in [7, 11) is -10.5. The fourth-order valence-corrected chi connectivity index (χ4v) is 4.30. The molecule has 0 unspecified atom stereocenters. The van der Waals surface area contributed by atoms with Crippen molar-refractivity contribution in [3.05, 3.63) is 6.33 Å². The first-order valence-electron chi connectivity index (χ1n) is 4.76. The number of sulfone groups is 2. The lowest BCUT2D eigenvalue weighted by atomic mass is 10.8. The molecule has 0 bridgehead atoms. The molecule has 0 fully saturated rings. The van der Waals surface area contributed by atoms with Gasteiger partial charge in [-0.05, 0) is 0 Å². The molecule has 1 heterocycles. The third kappa shape index (κ3) is 4.87. The Kier molecular flexibility index (Phi) is 4.35. The van der Waals surface area contributed by atoms with Crippen LogP contribution in [0.15, 0.2) is 16.4 Å². The second-order valence-corrected chi connectivity index (χ2v) is 7.62. The number of rotatable bonds is 4. The first-order chi connectivity index (χ1) is 9.14. The number of imidazole rings is 1. The molecule has 1 aromatic rings. The number of hydrogen-bond donors (Lipinski definition) is 1. The van der Waals surface area contributed by atoms with E-state index in [1.165, 1.54) is 0 Å². The average Bonchev–Trinajstić information content (AvgIpc) is 2.57. The van der Waals surface area contributed by atoms with Gasteiger partial charge in [-0.25, -0.2) is 21.8 Å². The van der Waals surface area contributed by atoms with E-state index in [1.54, 1.807) is 4.98 Å². The first-order valence-corrected chi connectivity index (χ1v) is 8.07. The van der Waals surface area contributed by atoms with Gasteiger partial charge in [-0.15, -0.1) is 0 Å². The lowest BCUT2D eigenvalue weighted by molar-refractivity contribution is -0.107. The van der Waals surface area contributed by atoms with Crippen molar-refractivity contribution in [1.29, 1.82) is 0 Å². The van der Waals surface area contributed by atoms with Gasteiger partial charge in [-0.3, -0.25) is 0 Å². The van der Waals surface area contributed by atoms with Crippen LogP contribution < -0.4 is 0 Å². The van der Waals surface area contributed by atoms with Gasteiger partial charge in [-0.2, -0.15) is 26.3 Å². The molecule has 0 saturated heterocycles. The highest BCUT2D eigenvalue weighted by atomic mass is 32.2. The molecule has 6 nitrogen and oxygen atoms in total. The highest BCUT2D eigenvalue weighted by Gasteiger charge is 2.43. The Morgan fingerprint density at radius 2 is 1.33 bits per heavy atom. The Hall–Kier alpha value is -1.31. The van der Waals surface area contributed by atoms with Crippen molar-refractivity contribution in [1.82, 2.24) is 9.97 Å². The van der Waals surface area contributed by atoms with E-state index in [0.717, 1.165) is 0 Å². The molecule has 0 amide bonds. The number of alkyl halides is 6. The molecule has 0 aliphatic carbocycles. The normalized spacial score (nSPS) is 14.4. The number of nitrogens with zero attached hydrogens (tertiary/aromatic N) is 1. The summed E-state index contributed by atoms with van der Waals surface area (Å²) in [5.74, 6) is -4.88. The van der Waals surface area contributed by atoms with E-state index in [0.29, 0.717) is 6.33 Å². The summed E-state index contributed by atoms with van der Waals surface area (Å²) in [6.07, 6.45) is -10.0. The third-order valence-electron chi connectivity index (χ3n) is 1.88. The summed E-state index contributed by atoms with van der Waals surface area (Å²) >= 11 is 0. The van der Waals surface area contributed by atoms with Crippen molar-refractivity contribution in [2.45, 2.75) is 22.4 Å². The minimum atomic E-state index is -5.26. The smallest absolute Gasteiger partial charge is 0.335 e. The summed E-state index contributed by atoms with van der Waals surface area (Å²) in [5.41, 5.74) is 0. The van der Waals surface area contributed by atoms with E-state index in [-0.39, 0.29) is 0 Å². The summed E-state index contributed by atoms with van der Waals surface area (Å²) < 4.78 is 118. The Bertz CT molecular complexity index is 655. The number of aromatic amines is 1. The van der Waals surface area contributed by atoms with E-state index in [2.05, 4.69) is 4.98 Å². The van der Waals surface area contributed by atoms with Crippen LogP contribution in [0.3, 0.4) is 0 Å². The topological polar surface area (TPSA) is 97.0 Å². The molecule has 1 N–H and O–H groups in total. The van der Waals surface area contributed by atoms with Crippen molar-refractivity contribution in [2.24, 2.45) is 0 Å². The maximum Gasteiger partial charge on any atom is 0.403 e. The minimum Gasteiger partial charge on any atom is -0.335 e.